The first-order valence-corrected chi connectivity index (χ1v) is 6.24. The fourth-order valence-corrected chi connectivity index (χ4v) is 2.66. The topological polar surface area (TPSA) is 63.3 Å². The van der Waals surface area contributed by atoms with Gasteiger partial charge in [0.2, 0.25) is 0 Å². The first-order valence-electron chi connectivity index (χ1n) is 4.99. The Hall–Kier alpha value is -0.870. The normalized spacial score (nSPS) is 12.4. The maximum Gasteiger partial charge on any atom is 0.316 e. The zero-order chi connectivity index (χ0) is 12.1. The molecule has 0 radical (unpaired) electrons. The summed E-state index contributed by atoms with van der Waals surface area (Å²) in [6, 6.07) is 5.08. The van der Waals surface area contributed by atoms with Gasteiger partial charge in [0, 0.05) is 15.6 Å². The molecule has 5 heteroatoms. The number of nitrogen functional groups attached to an aromatic ring is 1. The standard InChI is InChI=1S/C11H14ClNO2S/c1-2-3-9(11(14)15)16-10-6-7(12)4-5-8(10)13/h4-6,9H,2-3,13H2,1H3,(H,14,15). The van der Waals surface area contributed by atoms with Gasteiger partial charge in [-0.2, -0.15) is 0 Å². The molecule has 1 atom stereocenters. The number of nitrogens with two attached hydrogens (primary N) is 1. The molecule has 88 valence electrons. The Balaban J connectivity index is 2.84. The zero-order valence-electron chi connectivity index (χ0n) is 8.94. The molecular weight excluding hydrogens is 246 g/mol. The lowest BCUT2D eigenvalue weighted by atomic mass is 10.2. The number of aliphatic carboxylic acids is 1. The number of carboxylic acids is 1. The van der Waals surface area contributed by atoms with E-state index in [1.54, 1.807) is 18.2 Å². The van der Waals surface area contributed by atoms with Crippen molar-refractivity contribution in [3.05, 3.63) is 23.2 Å². The fraction of sp³-hybridized carbons (Fsp3) is 0.364. The van der Waals surface area contributed by atoms with E-state index in [4.69, 9.17) is 22.4 Å². The van der Waals surface area contributed by atoms with Gasteiger partial charge in [0.05, 0.1) is 0 Å². The van der Waals surface area contributed by atoms with E-state index in [2.05, 4.69) is 0 Å². The third-order valence-electron chi connectivity index (χ3n) is 2.07. The predicted molar refractivity (Wildman–Crippen MR) is 68.1 cm³/mol. The second-order valence-corrected chi connectivity index (χ2v) is 5.10. The van der Waals surface area contributed by atoms with Crippen molar-refractivity contribution in [1.82, 2.24) is 0 Å². The maximum absolute atomic E-state index is 11.0. The van der Waals surface area contributed by atoms with Gasteiger partial charge in [-0.15, -0.1) is 11.8 Å². The lowest BCUT2D eigenvalue weighted by molar-refractivity contribution is -0.136. The molecule has 1 aromatic carbocycles. The monoisotopic (exact) mass is 259 g/mol. The molecular formula is C11H14ClNO2S. The molecule has 0 aromatic heterocycles. The van der Waals surface area contributed by atoms with Crippen molar-refractivity contribution in [3.63, 3.8) is 0 Å². The van der Waals surface area contributed by atoms with Crippen LogP contribution in [0.5, 0.6) is 0 Å². The van der Waals surface area contributed by atoms with Crippen LogP contribution in [0.1, 0.15) is 19.8 Å². The highest BCUT2D eigenvalue weighted by molar-refractivity contribution is 8.00. The van der Waals surface area contributed by atoms with Crippen LogP contribution in [-0.4, -0.2) is 16.3 Å². The van der Waals surface area contributed by atoms with E-state index >= 15 is 0 Å². The number of hydrogen-bond donors (Lipinski definition) is 2. The minimum atomic E-state index is -0.814. The Labute approximate surface area is 104 Å². The number of hydrogen-bond acceptors (Lipinski definition) is 3. The quantitative estimate of drug-likeness (QED) is 0.629. The van der Waals surface area contributed by atoms with E-state index < -0.39 is 11.2 Å². The first-order chi connectivity index (χ1) is 7.54. The van der Waals surface area contributed by atoms with E-state index in [0.29, 0.717) is 17.1 Å². The van der Waals surface area contributed by atoms with E-state index in [-0.39, 0.29) is 0 Å². The highest BCUT2D eigenvalue weighted by Crippen LogP contribution is 2.33. The van der Waals surface area contributed by atoms with Gasteiger partial charge in [0.1, 0.15) is 5.25 Å². The van der Waals surface area contributed by atoms with Gasteiger partial charge in [-0.3, -0.25) is 4.79 Å². The van der Waals surface area contributed by atoms with Crippen molar-refractivity contribution in [2.45, 2.75) is 29.9 Å². The number of rotatable bonds is 5. The second-order valence-electron chi connectivity index (χ2n) is 3.42. The number of thioether (sulfide) groups is 1. The molecule has 0 aliphatic carbocycles. The molecule has 16 heavy (non-hydrogen) atoms. The largest absolute Gasteiger partial charge is 0.480 e. The lowest BCUT2D eigenvalue weighted by Crippen LogP contribution is -2.15. The van der Waals surface area contributed by atoms with Gasteiger partial charge in [0.15, 0.2) is 0 Å². The summed E-state index contributed by atoms with van der Waals surface area (Å²) >= 11 is 7.09. The van der Waals surface area contributed by atoms with E-state index in [9.17, 15) is 4.79 Å². The Kier molecular flexibility index (Phi) is 4.96. The third kappa shape index (κ3) is 3.61. The predicted octanol–water partition coefficient (Wildman–Crippen LogP) is 3.27. The van der Waals surface area contributed by atoms with Crippen molar-refractivity contribution in [2.75, 3.05) is 5.73 Å². The van der Waals surface area contributed by atoms with E-state index in [1.165, 1.54) is 11.8 Å². The molecule has 3 nitrogen and oxygen atoms in total. The van der Waals surface area contributed by atoms with Crippen molar-refractivity contribution in [3.8, 4) is 0 Å². The average Bonchev–Trinajstić information content (AvgIpc) is 2.22. The van der Waals surface area contributed by atoms with Crippen LogP contribution in [0.15, 0.2) is 23.1 Å². The fourth-order valence-electron chi connectivity index (χ4n) is 1.26. The van der Waals surface area contributed by atoms with Crippen LogP contribution in [0.25, 0.3) is 0 Å². The smallest absolute Gasteiger partial charge is 0.316 e. The first kappa shape index (κ1) is 13.2. The van der Waals surface area contributed by atoms with E-state index in [1.807, 2.05) is 6.92 Å². The summed E-state index contributed by atoms with van der Waals surface area (Å²) in [5, 5.41) is 9.13. The van der Waals surface area contributed by atoms with Crippen LogP contribution in [0, 0.1) is 0 Å². The molecule has 1 aromatic rings. The van der Waals surface area contributed by atoms with Crippen LogP contribution in [0.2, 0.25) is 5.02 Å². The molecule has 0 fully saturated rings. The zero-order valence-corrected chi connectivity index (χ0v) is 10.5. The van der Waals surface area contributed by atoms with Crippen molar-refractivity contribution >= 4 is 35.0 Å². The van der Waals surface area contributed by atoms with Gasteiger partial charge >= 0.3 is 5.97 Å². The Morgan fingerprint density at radius 1 is 1.62 bits per heavy atom. The maximum atomic E-state index is 11.0. The summed E-state index contributed by atoms with van der Waals surface area (Å²) in [4.78, 5) is 11.7. The van der Waals surface area contributed by atoms with Crippen LogP contribution >= 0.6 is 23.4 Å². The lowest BCUT2D eigenvalue weighted by Gasteiger charge is -2.12. The molecule has 0 heterocycles. The Bertz CT molecular complexity index is 384. The number of anilines is 1. The summed E-state index contributed by atoms with van der Waals surface area (Å²) in [6.07, 6.45) is 1.44. The molecule has 0 bridgehead atoms. The molecule has 1 unspecified atom stereocenters. The molecule has 0 aliphatic heterocycles. The number of halogens is 1. The van der Waals surface area contributed by atoms with Crippen molar-refractivity contribution in [1.29, 1.82) is 0 Å². The molecule has 3 N–H and O–H groups in total. The SMILES string of the molecule is CCCC(Sc1cc(Cl)ccc1N)C(=O)O. The highest BCUT2D eigenvalue weighted by Gasteiger charge is 2.18. The van der Waals surface area contributed by atoms with Crippen LogP contribution < -0.4 is 5.73 Å². The summed E-state index contributed by atoms with van der Waals surface area (Å²) in [5.41, 5.74) is 6.33. The third-order valence-corrected chi connectivity index (χ3v) is 3.64. The molecule has 0 amide bonds. The van der Waals surface area contributed by atoms with Crippen LogP contribution in [0.3, 0.4) is 0 Å². The molecule has 1 rings (SSSR count). The van der Waals surface area contributed by atoms with Crippen LogP contribution in [-0.2, 0) is 4.79 Å². The summed E-state index contributed by atoms with van der Waals surface area (Å²) in [5.74, 6) is -0.814. The summed E-state index contributed by atoms with van der Waals surface area (Å²) in [6.45, 7) is 1.96. The minimum Gasteiger partial charge on any atom is -0.480 e. The highest BCUT2D eigenvalue weighted by atomic mass is 35.5. The Morgan fingerprint density at radius 2 is 2.31 bits per heavy atom. The van der Waals surface area contributed by atoms with Gasteiger partial charge < -0.3 is 10.8 Å². The number of benzene rings is 1. The molecule has 0 saturated heterocycles. The molecule has 0 saturated carbocycles. The van der Waals surface area contributed by atoms with Gasteiger partial charge in [-0.05, 0) is 24.6 Å². The van der Waals surface area contributed by atoms with Gasteiger partial charge in [-0.1, -0.05) is 24.9 Å². The average molecular weight is 260 g/mol. The van der Waals surface area contributed by atoms with Gasteiger partial charge in [0.25, 0.3) is 0 Å². The summed E-state index contributed by atoms with van der Waals surface area (Å²) in [7, 11) is 0. The molecule has 0 spiro atoms. The van der Waals surface area contributed by atoms with Crippen LogP contribution in [0.4, 0.5) is 5.69 Å². The van der Waals surface area contributed by atoms with Crippen molar-refractivity contribution in [2.24, 2.45) is 0 Å². The number of carboxylic acid groups (broad SMARTS) is 1. The molecule has 0 aliphatic rings. The van der Waals surface area contributed by atoms with E-state index in [0.717, 1.165) is 11.3 Å². The van der Waals surface area contributed by atoms with Gasteiger partial charge in [-0.25, -0.2) is 0 Å². The Morgan fingerprint density at radius 3 is 2.88 bits per heavy atom. The van der Waals surface area contributed by atoms with Crippen molar-refractivity contribution < 1.29 is 9.90 Å². The minimum absolute atomic E-state index is 0.467. The second kappa shape index (κ2) is 6.01. The number of carbonyl (C=O) groups is 1. The summed E-state index contributed by atoms with van der Waals surface area (Å²) < 4.78 is 0.